The number of hydrogen-bond donors (Lipinski definition) is 3. The SMILES string of the molecule is CI.COc1c(F)cc(-c2ccccc2)cc1N/N=C(/SC)C(C)(C)C.COc1c(F)cc(-c2ccccc2)cc1NNC(=S)C(C)(C)C. The largest absolute Gasteiger partial charge is 0.492 e. The molecule has 0 bridgehead atoms. The van der Waals surface area contributed by atoms with E-state index in [9.17, 15) is 8.78 Å². The van der Waals surface area contributed by atoms with Crippen molar-refractivity contribution in [1.29, 1.82) is 0 Å². The standard InChI is InChI=1S/C19H23FN2OS.C18H21FN2OS.CH3I/c1-19(2,3)18(24-5)22-21-16-12-14(11-15(20)17(16)23-4)13-9-7-6-8-10-13;1-18(2,3)17(23)21-20-15-11-13(10-14(19)16(15)22-4)12-8-6-5-7-9-12;1-2/h6-12,21H,1-5H3;5-11,20H,1-4H3,(H,21,23);1H3/b22-18+;;. The molecule has 0 spiro atoms. The summed E-state index contributed by atoms with van der Waals surface area (Å²) in [5.41, 5.74) is 13.0. The van der Waals surface area contributed by atoms with Crippen molar-refractivity contribution in [2.45, 2.75) is 41.5 Å². The second kappa shape index (κ2) is 19.7. The molecule has 0 aliphatic carbocycles. The van der Waals surface area contributed by atoms with Gasteiger partial charge in [0.2, 0.25) is 0 Å². The Labute approximate surface area is 314 Å². The maximum absolute atomic E-state index is 14.4. The van der Waals surface area contributed by atoms with E-state index < -0.39 is 11.6 Å². The Morgan fingerprint density at radius 3 is 1.51 bits per heavy atom. The Morgan fingerprint density at radius 1 is 0.694 bits per heavy atom. The van der Waals surface area contributed by atoms with Crippen LogP contribution in [0.2, 0.25) is 0 Å². The molecule has 0 heterocycles. The van der Waals surface area contributed by atoms with Crippen LogP contribution in [0, 0.1) is 22.5 Å². The molecule has 0 atom stereocenters. The van der Waals surface area contributed by atoms with Crippen LogP contribution in [0.15, 0.2) is 90.0 Å². The second-order valence-electron chi connectivity index (χ2n) is 12.6. The number of ether oxygens (including phenoxy) is 2. The molecule has 264 valence electrons. The van der Waals surface area contributed by atoms with Gasteiger partial charge in [0.25, 0.3) is 0 Å². The third-order valence-electron chi connectivity index (χ3n) is 6.81. The molecule has 4 aromatic rings. The van der Waals surface area contributed by atoms with Crippen LogP contribution in [0.1, 0.15) is 41.5 Å². The highest BCUT2D eigenvalue weighted by Gasteiger charge is 2.20. The van der Waals surface area contributed by atoms with Crippen LogP contribution in [0.3, 0.4) is 0 Å². The zero-order valence-electron chi connectivity index (χ0n) is 29.8. The van der Waals surface area contributed by atoms with E-state index in [1.54, 1.807) is 11.8 Å². The molecule has 0 radical (unpaired) electrons. The molecular formula is C38H47F2IN4O2S2. The lowest BCUT2D eigenvalue weighted by Gasteiger charge is -2.23. The number of nitrogens with zero attached hydrogens (tertiary/aromatic N) is 1. The van der Waals surface area contributed by atoms with Crippen molar-refractivity contribution < 1.29 is 18.3 Å². The van der Waals surface area contributed by atoms with Gasteiger partial charge in [0.15, 0.2) is 23.1 Å². The van der Waals surface area contributed by atoms with Gasteiger partial charge in [-0.25, -0.2) is 8.78 Å². The van der Waals surface area contributed by atoms with Gasteiger partial charge in [0, 0.05) is 10.8 Å². The molecular weight excluding hydrogens is 773 g/mol. The topological polar surface area (TPSA) is 66.9 Å². The Bertz CT molecular complexity index is 1680. The van der Waals surface area contributed by atoms with Crippen LogP contribution < -0.4 is 25.8 Å². The minimum atomic E-state index is -0.431. The number of benzene rings is 4. The van der Waals surface area contributed by atoms with Crippen molar-refractivity contribution in [3.8, 4) is 33.8 Å². The maximum Gasteiger partial charge on any atom is 0.179 e. The van der Waals surface area contributed by atoms with E-state index in [4.69, 9.17) is 21.7 Å². The zero-order chi connectivity index (χ0) is 36.8. The van der Waals surface area contributed by atoms with E-state index >= 15 is 0 Å². The van der Waals surface area contributed by atoms with Crippen molar-refractivity contribution in [2.75, 3.05) is 36.3 Å². The predicted octanol–water partition coefficient (Wildman–Crippen LogP) is 11.5. The number of thioether (sulfide) groups is 1. The van der Waals surface area contributed by atoms with Gasteiger partial charge in [0.05, 0.1) is 29.9 Å². The fraction of sp³-hybridized carbons (Fsp3) is 0.316. The van der Waals surface area contributed by atoms with Gasteiger partial charge in [-0.2, -0.15) is 5.10 Å². The lowest BCUT2D eigenvalue weighted by Crippen LogP contribution is -2.37. The van der Waals surface area contributed by atoms with Crippen LogP contribution in [-0.4, -0.2) is 35.4 Å². The number of anilines is 2. The molecule has 0 unspecified atom stereocenters. The van der Waals surface area contributed by atoms with Crippen molar-refractivity contribution in [3.63, 3.8) is 0 Å². The van der Waals surface area contributed by atoms with Gasteiger partial charge < -0.3 is 9.47 Å². The van der Waals surface area contributed by atoms with Gasteiger partial charge in [-0.05, 0) is 57.7 Å². The Balaban J connectivity index is 0.000000324. The third kappa shape index (κ3) is 12.4. The smallest absolute Gasteiger partial charge is 0.179 e. The van der Waals surface area contributed by atoms with Crippen molar-refractivity contribution in [1.82, 2.24) is 5.43 Å². The molecule has 3 N–H and O–H groups in total. The summed E-state index contributed by atoms with van der Waals surface area (Å²) >= 11 is 9.04. The summed E-state index contributed by atoms with van der Waals surface area (Å²) in [5, 5.41) is 5.38. The molecule has 0 aromatic heterocycles. The number of alkyl halides is 1. The van der Waals surface area contributed by atoms with Crippen molar-refractivity contribution >= 4 is 68.0 Å². The highest BCUT2D eigenvalue weighted by Crippen LogP contribution is 2.35. The molecule has 4 aromatic carbocycles. The average Bonchev–Trinajstić information content (AvgIpc) is 3.08. The molecule has 0 saturated carbocycles. The molecule has 0 aliphatic heterocycles. The van der Waals surface area contributed by atoms with Gasteiger partial charge in [-0.15, -0.1) is 11.8 Å². The first-order valence-electron chi connectivity index (χ1n) is 15.4. The fourth-order valence-electron chi connectivity index (χ4n) is 4.31. The fourth-order valence-corrected chi connectivity index (χ4v) is 5.11. The molecule has 0 aliphatic rings. The van der Waals surface area contributed by atoms with Gasteiger partial charge in [-0.1, -0.05) is 137 Å². The van der Waals surface area contributed by atoms with E-state index in [1.807, 2.05) is 105 Å². The summed E-state index contributed by atoms with van der Waals surface area (Å²) in [6.07, 6.45) is 1.98. The highest BCUT2D eigenvalue weighted by molar-refractivity contribution is 14.1. The van der Waals surface area contributed by atoms with E-state index in [0.29, 0.717) is 16.4 Å². The van der Waals surface area contributed by atoms with Crippen molar-refractivity contribution in [2.24, 2.45) is 15.9 Å². The number of hydrogen-bond acceptors (Lipinski definition) is 7. The number of nitrogens with one attached hydrogen (secondary N) is 3. The summed E-state index contributed by atoms with van der Waals surface area (Å²) in [6, 6.07) is 25.9. The first kappa shape index (κ1) is 41.7. The predicted molar refractivity (Wildman–Crippen MR) is 220 cm³/mol. The zero-order valence-corrected chi connectivity index (χ0v) is 33.6. The lowest BCUT2D eigenvalue weighted by molar-refractivity contribution is 0.388. The van der Waals surface area contributed by atoms with Crippen LogP contribution in [0.25, 0.3) is 22.3 Å². The summed E-state index contributed by atoms with van der Waals surface area (Å²) in [4.78, 5) is 2.60. The van der Waals surface area contributed by atoms with Crippen LogP contribution in [0.4, 0.5) is 20.2 Å². The number of thiocarbonyl (C=S) groups is 1. The summed E-state index contributed by atoms with van der Waals surface area (Å²) in [5.74, 6) is -0.542. The molecule has 4 rings (SSSR count). The highest BCUT2D eigenvalue weighted by atomic mass is 127. The van der Waals surface area contributed by atoms with E-state index in [1.165, 1.54) is 26.4 Å². The van der Waals surface area contributed by atoms with Gasteiger partial charge in [-0.3, -0.25) is 16.3 Å². The minimum Gasteiger partial charge on any atom is -0.492 e. The molecule has 0 amide bonds. The maximum atomic E-state index is 14.4. The summed E-state index contributed by atoms with van der Waals surface area (Å²) < 4.78 is 39.1. The van der Waals surface area contributed by atoms with Crippen LogP contribution in [0.5, 0.6) is 11.5 Å². The van der Waals surface area contributed by atoms with Crippen molar-refractivity contribution in [3.05, 3.63) is 96.6 Å². The molecule has 6 nitrogen and oxygen atoms in total. The molecule has 0 saturated heterocycles. The van der Waals surface area contributed by atoms with Crippen LogP contribution in [-0.2, 0) is 0 Å². The van der Waals surface area contributed by atoms with Crippen LogP contribution >= 0.6 is 46.6 Å². The monoisotopic (exact) mass is 820 g/mol. The van der Waals surface area contributed by atoms with E-state index in [-0.39, 0.29) is 22.3 Å². The number of methoxy groups -OCH3 is 2. The minimum absolute atomic E-state index is 0.0881. The van der Waals surface area contributed by atoms with E-state index in [2.05, 4.69) is 64.7 Å². The molecule has 49 heavy (non-hydrogen) atoms. The first-order valence-corrected chi connectivity index (χ1v) is 19.2. The molecule has 0 fully saturated rings. The van der Waals surface area contributed by atoms with Gasteiger partial charge >= 0.3 is 0 Å². The molecule has 11 heteroatoms. The number of halogens is 3. The number of hydrazine groups is 1. The number of rotatable bonds is 8. The Morgan fingerprint density at radius 2 is 1.12 bits per heavy atom. The lowest BCUT2D eigenvalue weighted by atomic mass is 9.97. The van der Waals surface area contributed by atoms with Gasteiger partial charge in [0.1, 0.15) is 5.69 Å². The average molecular weight is 821 g/mol. The Hall–Kier alpha value is -3.42. The summed E-state index contributed by atoms with van der Waals surface area (Å²) in [7, 11) is 2.89. The third-order valence-corrected chi connectivity index (χ3v) is 8.62. The number of hydrazone groups is 1. The second-order valence-corrected chi connectivity index (χ2v) is 13.8. The quantitative estimate of drug-likeness (QED) is 0.0409. The first-order chi connectivity index (χ1) is 23.2. The van der Waals surface area contributed by atoms with E-state index in [0.717, 1.165) is 27.3 Å². The normalized spacial score (nSPS) is 11.2. The Kier molecular flexibility index (Phi) is 16.8. The summed E-state index contributed by atoms with van der Waals surface area (Å²) in [6.45, 7) is 12.3.